The number of rotatable bonds is 18. The number of carboxylic acid groups (broad SMARTS) is 1. The Morgan fingerprint density at radius 3 is 0.842 bits per heavy atom. The van der Waals surface area contributed by atoms with Crippen molar-refractivity contribution in [2.45, 2.75) is 105 Å². The van der Waals surface area contributed by atoms with Gasteiger partial charge in [0, 0.05) is 6.42 Å². The third-order valence-corrected chi connectivity index (χ3v) is 5.20. The van der Waals surface area contributed by atoms with Crippen molar-refractivity contribution >= 4 is 5.97 Å². The van der Waals surface area contributed by atoms with E-state index in [-0.39, 0.29) is 0 Å². The summed E-state index contributed by atoms with van der Waals surface area (Å²) in [6.07, 6.45) is -67.3. The Kier molecular flexibility index (Phi) is 15.1. The number of alkyl halides is 17. The van der Waals surface area contributed by atoms with Crippen LogP contribution in [0.4, 0.5) is 74.6 Å². The van der Waals surface area contributed by atoms with Crippen LogP contribution in [-0.4, -0.2) is 116 Å². The van der Waals surface area contributed by atoms with Crippen LogP contribution in [0.15, 0.2) is 0 Å². The molecule has 0 spiro atoms. The summed E-state index contributed by atoms with van der Waals surface area (Å²) >= 11 is 0. The van der Waals surface area contributed by atoms with Gasteiger partial charge in [0.15, 0.2) is 86.4 Å². The molecule has 19 heteroatoms. The van der Waals surface area contributed by atoms with Crippen molar-refractivity contribution in [2.24, 2.45) is 0 Å². The maximum atomic E-state index is 13.8. The second-order valence-electron chi connectivity index (χ2n) is 7.96. The molecule has 0 radical (unpaired) electrons. The predicted octanol–water partition coefficient (Wildman–Crippen LogP) is 5.84. The van der Waals surface area contributed by atoms with Gasteiger partial charge in [-0.3, -0.25) is 4.39 Å². The summed E-state index contributed by atoms with van der Waals surface area (Å²) in [4.78, 5) is 10.2. The molecule has 0 fully saturated rings. The van der Waals surface area contributed by atoms with Crippen LogP contribution >= 0.6 is 0 Å². The Morgan fingerprint density at radius 1 is 0.421 bits per heavy atom. The van der Waals surface area contributed by atoms with Crippen LogP contribution < -0.4 is 0 Å². The second kappa shape index (κ2) is 15.8. The van der Waals surface area contributed by atoms with Gasteiger partial charge in [-0.1, -0.05) is 0 Å². The molecule has 228 valence electrons. The minimum absolute atomic E-state index is 1.37. The van der Waals surface area contributed by atoms with Crippen molar-refractivity contribution in [1.29, 1.82) is 0 Å². The molecular formula is C19H21F17O2. The molecule has 0 saturated carbocycles. The molecule has 0 aliphatic heterocycles. The van der Waals surface area contributed by atoms with Crippen molar-refractivity contribution in [3.05, 3.63) is 0 Å². The zero-order chi connectivity index (χ0) is 30.2. The average Bonchev–Trinajstić information content (AvgIpc) is 2.90. The first-order valence-electron chi connectivity index (χ1n) is 10.4. The van der Waals surface area contributed by atoms with E-state index in [1.54, 1.807) is 0 Å². The summed E-state index contributed by atoms with van der Waals surface area (Å²) in [6.45, 7) is -1.61. The zero-order valence-corrected chi connectivity index (χ0v) is 18.4. The van der Waals surface area contributed by atoms with Gasteiger partial charge in [0.1, 0.15) is 6.17 Å². The molecule has 0 aromatic heterocycles. The molecule has 0 heterocycles. The molecule has 16 atom stereocenters. The van der Waals surface area contributed by atoms with Crippen LogP contribution in [0.2, 0.25) is 0 Å². The first-order chi connectivity index (χ1) is 17.3. The minimum atomic E-state index is -4.42. The summed E-state index contributed by atoms with van der Waals surface area (Å²) in [5.74, 6) is -2.73. The largest absolute Gasteiger partial charge is 0.479 e. The second-order valence-corrected chi connectivity index (χ2v) is 7.96. The standard InChI is InChI=1S/C19H21F17O2/c20-2-1-3(21)4(22)5(23)6(24)7(25)8(26)9(27)10(28)11(29)12(30)13(31)14(32)15(33)16(34)17(35)18(36)19(37)38/h3-18H,1-2H2,(H,37,38). The fourth-order valence-corrected chi connectivity index (χ4v) is 2.87. The van der Waals surface area contributed by atoms with Gasteiger partial charge in [0.25, 0.3) is 0 Å². The number of hydrogen-bond acceptors (Lipinski definition) is 1. The highest BCUT2D eigenvalue weighted by Gasteiger charge is 2.53. The highest BCUT2D eigenvalue weighted by molar-refractivity contribution is 5.73. The Morgan fingerprint density at radius 2 is 0.632 bits per heavy atom. The van der Waals surface area contributed by atoms with E-state index < -0.39 is 118 Å². The van der Waals surface area contributed by atoms with Crippen LogP contribution in [0, 0.1) is 0 Å². The molecule has 1 N–H and O–H groups in total. The van der Waals surface area contributed by atoms with E-state index >= 15 is 0 Å². The first-order valence-corrected chi connectivity index (χ1v) is 10.4. The quantitative estimate of drug-likeness (QED) is 0.200. The van der Waals surface area contributed by atoms with Crippen molar-refractivity contribution in [3.63, 3.8) is 0 Å². The fourth-order valence-electron chi connectivity index (χ4n) is 2.87. The Bertz CT molecular complexity index is 694. The van der Waals surface area contributed by atoms with Crippen LogP contribution in [0.5, 0.6) is 0 Å². The lowest BCUT2D eigenvalue weighted by molar-refractivity contribution is -0.148. The maximum absolute atomic E-state index is 13.8. The van der Waals surface area contributed by atoms with Crippen LogP contribution in [0.3, 0.4) is 0 Å². The number of carbonyl (C=O) groups is 1. The first kappa shape index (κ1) is 36.3. The van der Waals surface area contributed by atoms with E-state index in [4.69, 9.17) is 5.11 Å². The fraction of sp³-hybridized carbons (Fsp3) is 0.947. The van der Waals surface area contributed by atoms with Crippen LogP contribution in [0.1, 0.15) is 6.42 Å². The van der Waals surface area contributed by atoms with Gasteiger partial charge in [-0.2, -0.15) is 0 Å². The number of halogens is 17. The monoisotopic (exact) mass is 604 g/mol. The van der Waals surface area contributed by atoms with E-state index in [0.717, 1.165) is 0 Å². The van der Waals surface area contributed by atoms with Crippen LogP contribution in [0.25, 0.3) is 0 Å². The highest BCUT2D eigenvalue weighted by atomic mass is 19.2. The van der Waals surface area contributed by atoms with Gasteiger partial charge in [0.05, 0.1) is 6.67 Å². The normalized spacial score (nSPS) is 25.3. The van der Waals surface area contributed by atoms with Gasteiger partial charge in [0.2, 0.25) is 6.17 Å². The molecule has 0 aromatic rings. The van der Waals surface area contributed by atoms with Crippen molar-refractivity contribution in [2.75, 3.05) is 6.67 Å². The van der Waals surface area contributed by atoms with Crippen molar-refractivity contribution < 1.29 is 84.5 Å². The molecule has 16 unspecified atom stereocenters. The molecule has 0 rings (SSSR count). The molecule has 2 nitrogen and oxygen atoms in total. The lowest BCUT2D eigenvalue weighted by Gasteiger charge is -2.29. The molecule has 0 amide bonds. The Balaban J connectivity index is 5.35. The Labute approximate surface area is 203 Å². The van der Waals surface area contributed by atoms with Crippen molar-refractivity contribution in [3.8, 4) is 0 Å². The van der Waals surface area contributed by atoms with Gasteiger partial charge >= 0.3 is 5.97 Å². The summed E-state index contributed by atoms with van der Waals surface area (Å²) in [5, 5.41) is 8.12. The van der Waals surface area contributed by atoms with Gasteiger partial charge in [-0.05, 0) is 0 Å². The van der Waals surface area contributed by atoms with E-state index in [2.05, 4.69) is 0 Å². The number of hydrogen-bond donors (Lipinski definition) is 1. The van der Waals surface area contributed by atoms with E-state index in [1.165, 1.54) is 0 Å². The maximum Gasteiger partial charge on any atom is 0.341 e. The molecule has 0 aliphatic rings. The highest BCUT2D eigenvalue weighted by Crippen LogP contribution is 2.33. The summed E-state index contributed by atoms with van der Waals surface area (Å²) in [5.41, 5.74) is 0. The third kappa shape index (κ3) is 8.91. The number of carboxylic acids is 1. The van der Waals surface area contributed by atoms with Gasteiger partial charge in [-0.15, -0.1) is 0 Å². The SMILES string of the molecule is O=C(O)C(F)C(F)C(F)C(F)C(F)C(F)C(F)C(F)C(F)C(F)C(F)C(F)C(F)C(F)C(F)C(F)CCF. The average molecular weight is 604 g/mol. The molecule has 0 aliphatic carbocycles. The molecule has 0 aromatic carbocycles. The van der Waals surface area contributed by atoms with Crippen LogP contribution in [-0.2, 0) is 4.79 Å². The van der Waals surface area contributed by atoms with E-state index in [0.29, 0.717) is 0 Å². The molecule has 0 saturated heterocycles. The summed E-state index contributed by atoms with van der Waals surface area (Å²) < 4.78 is 228. The lowest BCUT2D eigenvalue weighted by Crippen LogP contribution is -2.52. The lowest BCUT2D eigenvalue weighted by atomic mass is 9.93. The van der Waals surface area contributed by atoms with E-state index in [9.17, 15) is 79.4 Å². The van der Waals surface area contributed by atoms with E-state index in [1.807, 2.05) is 0 Å². The Hall–Kier alpha value is -1.72. The zero-order valence-electron chi connectivity index (χ0n) is 18.4. The molecule has 38 heavy (non-hydrogen) atoms. The summed E-state index contributed by atoms with van der Waals surface area (Å²) in [7, 11) is 0. The summed E-state index contributed by atoms with van der Waals surface area (Å²) in [6, 6.07) is 0. The predicted molar refractivity (Wildman–Crippen MR) is 96.6 cm³/mol. The third-order valence-electron chi connectivity index (χ3n) is 5.20. The minimum Gasteiger partial charge on any atom is -0.479 e. The smallest absolute Gasteiger partial charge is 0.341 e. The molecular weight excluding hydrogens is 583 g/mol. The molecule has 0 bridgehead atoms. The number of aliphatic carboxylic acids is 1. The van der Waals surface area contributed by atoms with Crippen molar-refractivity contribution in [1.82, 2.24) is 0 Å². The van der Waals surface area contributed by atoms with Gasteiger partial charge < -0.3 is 5.11 Å². The van der Waals surface area contributed by atoms with Gasteiger partial charge in [-0.25, -0.2) is 75.0 Å². The topological polar surface area (TPSA) is 37.3 Å².